The lowest BCUT2D eigenvalue weighted by Gasteiger charge is -2.16. The second-order valence-corrected chi connectivity index (χ2v) is 11.9. The molecule has 2 heterocycles. The van der Waals surface area contributed by atoms with Crippen LogP contribution in [0.5, 0.6) is 5.75 Å². The Morgan fingerprint density at radius 3 is 2.24 bits per heavy atom. The smallest absolute Gasteiger partial charge is 0.264 e. The number of thioether (sulfide) groups is 1. The SMILES string of the molecule is CCC(Sc1nc(-c2ccc(OC)cc2)ccc1C#N)C(=O)Nc1ccc(S(=O)(=O)Nc2nc(C)cc(C)n2)cc1. The minimum atomic E-state index is -3.93. The fourth-order valence-electron chi connectivity index (χ4n) is 3.89. The van der Waals surface area contributed by atoms with Gasteiger partial charge < -0.3 is 10.1 Å². The molecule has 0 saturated heterocycles. The van der Waals surface area contributed by atoms with E-state index >= 15 is 0 Å². The Bertz CT molecular complexity index is 1680. The summed E-state index contributed by atoms with van der Waals surface area (Å²) in [6.45, 7) is 5.37. The second-order valence-electron chi connectivity index (χ2n) is 9.00. The molecule has 0 aliphatic heterocycles. The number of sulfonamides is 1. The molecule has 0 fully saturated rings. The molecule has 4 aromatic rings. The molecule has 0 bridgehead atoms. The second kappa shape index (κ2) is 12.8. The number of rotatable bonds is 10. The van der Waals surface area contributed by atoms with Gasteiger partial charge in [0.15, 0.2) is 0 Å². The molecule has 10 nitrogen and oxygen atoms in total. The summed E-state index contributed by atoms with van der Waals surface area (Å²) in [5.41, 5.74) is 3.59. The first kappa shape index (κ1) is 29.5. The van der Waals surface area contributed by atoms with E-state index in [4.69, 9.17) is 4.74 Å². The number of pyridine rings is 1. The van der Waals surface area contributed by atoms with Crippen LogP contribution in [0.2, 0.25) is 0 Å². The number of methoxy groups -OCH3 is 1. The molecular formula is C29H28N6O4S2. The highest BCUT2D eigenvalue weighted by atomic mass is 32.2. The Morgan fingerprint density at radius 2 is 1.66 bits per heavy atom. The minimum absolute atomic E-state index is 0.00196. The third-order valence-electron chi connectivity index (χ3n) is 5.92. The van der Waals surface area contributed by atoms with Gasteiger partial charge in [-0.25, -0.2) is 28.1 Å². The number of ether oxygens (including phenoxy) is 1. The van der Waals surface area contributed by atoms with E-state index in [-0.39, 0.29) is 16.8 Å². The maximum Gasteiger partial charge on any atom is 0.264 e. The first-order chi connectivity index (χ1) is 19.6. The predicted octanol–water partition coefficient (Wildman–Crippen LogP) is 5.35. The van der Waals surface area contributed by atoms with Crippen molar-refractivity contribution in [1.82, 2.24) is 15.0 Å². The molecule has 0 saturated carbocycles. The number of anilines is 2. The molecular weight excluding hydrogens is 560 g/mol. The van der Waals surface area contributed by atoms with Gasteiger partial charge in [0.2, 0.25) is 11.9 Å². The molecule has 0 aliphatic carbocycles. The van der Waals surface area contributed by atoms with E-state index < -0.39 is 15.3 Å². The maximum absolute atomic E-state index is 13.2. The number of nitrogens with one attached hydrogen (secondary N) is 2. The van der Waals surface area contributed by atoms with Crippen LogP contribution in [0.3, 0.4) is 0 Å². The number of carbonyl (C=O) groups is 1. The minimum Gasteiger partial charge on any atom is -0.497 e. The van der Waals surface area contributed by atoms with Crippen molar-refractivity contribution in [3.63, 3.8) is 0 Å². The number of amides is 1. The Kier molecular flexibility index (Phi) is 9.21. The van der Waals surface area contributed by atoms with Crippen LogP contribution in [0.25, 0.3) is 11.3 Å². The van der Waals surface area contributed by atoms with Crippen LogP contribution in [0.15, 0.2) is 76.7 Å². The summed E-state index contributed by atoms with van der Waals surface area (Å²) < 4.78 is 33.2. The highest BCUT2D eigenvalue weighted by Gasteiger charge is 2.22. The molecule has 2 aromatic heterocycles. The fourth-order valence-corrected chi connectivity index (χ4v) is 5.82. The monoisotopic (exact) mass is 588 g/mol. The van der Waals surface area contributed by atoms with E-state index in [1.807, 2.05) is 31.2 Å². The van der Waals surface area contributed by atoms with E-state index in [2.05, 4.69) is 31.1 Å². The normalized spacial score (nSPS) is 11.8. The first-order valence-corrected chi connectivity index (χ1v) is 15.0. The fraction of sp³-hybridized carbons (Fsp3) is 0.207. The summed E-state index contributed by atoms with van der Waals surface area (Å²) in [6.07, 6.45) is 0.474. The zero-order valence-corrected chi connectivity index (χ0v) is 24.5. The first-order valence-electron chi connectivity index (χ1n) is 12.6. The molecule has 12 heteroatoms. The largest absolute Gasteiger partial charge is 0.497 e. The molecule has 41 heavy (non-hydrogen) atoms. The quantitative estimate of drug-likeness (QED) is 0.234. The molecule has 210 valence electrons. The molecule has 1 atom stereocenters. The molecule has 0 aliphatic rings. The van der Waals surface area contributed by atoms with Crippen LogP contribution in [-0.2, 0) is 14.8 Å². The van der Waals surface area contributed by atoms with E-state index in [9.17, 15) is 18.5 Å². The molecule has 0 radical (unpaired) electrons. The van der Waals surface area contributed by atoms with Crippen molar-refractivity contribution in [3.05, 3.63) is 83.7 Å². The van der Waals surface area contributed by atoms with E-state index in [1.165, 1.54) is 36.0 Å². The third kappa shape index (κ3) is 7.39. The van der Waals surface area contributed by atoms with Crippen LogP contribution < -0.4 is 14.8 Å². The zero-order valence-electron chi connectivity index (χ0n) is 22.9. The Labute approximate surface area is 243 Å². The number of carbonyl (C=O) groups excluding carboxylic acids is 1. The van der Waals surface area contributed by atoms with Crippen molar-refractivity contribution in [3.8, 4) is 23.1 Å². The van der Waals surface area contributed by atoms with Gasteiger partial charge in [-0.1, -0.05) is 18.7 Å². The summed E-state index contributed by atoms with van der Waals surface area (Å²) in [4.78, 5) is 26.1. The van der Waals surface area contributed by atoms with Crippen molar-refractivity contribution in [2.24, 2.45) is 0 Å². The van der Waals surface area contributed by atoms with E-state index in [0.29, 0.717) is 39.8 Å². The lowest BCUT2D eigenvalue weighted by Crippen LogP contribution is -2.25. The van der Waals surface area contributed by atoms with Crippen LogP contribution in [0.1, 0.15) is 30.3 Å². The van der Waals surface area contributed by atoms with Gasteiger partial charge in [-0.05, 0) is 87.0 Å². The number of aromatic nitrogens is 3. The van der Waals surface area contributed by atoms with Crippen molar-refractivity contribution < 1.29 is 17.9 Å². The number of nitrogens with zero attached hydrogens (tertiary/aromatic N) is 4. The average molecular weight is 589 g/mol. The maximum atomic E-state index is 13.2. The Balaban J connectivity index is 1.47. The summed E-state index contributed by atoms with van der Waals surface area (Å²) in [6, 6.07) is 20.6. The van der Waals surface area contributed by atoms with Gasteiger partial charge in [-0.2, -0.15) is 5.26 Å². The van der Waals surface area contributed by atoms with Crippen molar-refractivity contribution in [2.75, 3.05) is 17.1 Å². The van der Waals surface area contributed by atoms with Gasteiger partial charge in [-0.15, -0.1) is 0 Å². The van der Waals surface area contributed by atoms with Gasteiger partial charge in [0.1, 0.15) is 16.8 Å². The molecule has 1 unspecified atom stereocenters. The van der Waals surface area contributed by atoms with Crippen molar-refractivity contribution in [2.45, 2.75) is 42.4 Å². The third-order valence-corrected chi connectivity index (χ3v) is 8.63. The predicted molar refractivity (Wildman–Crippen MR) is 158 cm³/mol. The van der Waals surface area contributed by atoms with Crippen LogP contribution >= 0.6 is 11.8 Å². The highest BCUT2D eigenvalue weighted by Crippen LogP contribution is 2.31. The average Bonchev–Trinajstić information content (AvgIpc) is 2.95. The topological polar surface area (TPSA) is 147 Å². The number of hydrogen-bond donors (Lipinski definition) is 2. The lowest BCUT2D eigenvalue weighted by molar-refractivity contribution is -0.115. The Morgan fingerprint density at radius 1 is 1.00 bits per heavy atom. The van der Waals surface area contributed by atoms with Gasteiger partial charge >= 0.3 is 0 Å². The van der Waals surface area contributed by atoms with Gasteiger partial charge in [0.05, 0.1) is 28.5 Å². The number of aryl methyl sites for hydroxylation is 2. The molecule has 4 rings (SSSR count). The zero-order chi connectivity index (χ0) is 29.6. The Hall–Kier alpha value is -4.47. The summed E-state index contributed by atoms with van der Waals surface area (Å²) in [5, 5.41) is 12.4. The summed E-state index contributed by atoms with van der Waals surface area (Å²) >= 11 is 1.20. The van der Waals surface area contributed by atoms with Crippen molar-refractivity contribution >= 4 is 39.3 Å². The molecule has 0 spiro atoms. The molecule has 1 amide bonds. The van der Waals surface area contributed by atoms with Gasteiger partial charge in [-0.3, -0.25) is 4.79 Å². The number of hydrogen-bond acceptors (Lipinski definition) is 9. The molecule has 2 N–H and O–H groups in total. The number of benzene rings is 2. The standard InChI is InChI=1S/C29H28N6O4S2/c1-5-26(40-28-21(17-30)8-15-25(34-28)20-6-11-23(39-4)12-7-20)27(36)33-22-9-13-24(14-10-22)41(37,38)35-29-31-18(2)16-19(3)32-29/h6-16,26H,5H2,1-4H3,(H,33,36)(H,31,32,35). The van der Waals surface area contributed by atoms with Gasteiger partial charge in [0, 0.05) is 22.6 Å². The number of nitriles is 1. The molecule has 2 aromatic carbocycles. The summed E-state index contributed by atoms with van der Waals surface area (Å²) in [5.74, 6) is 0.413. The highest BCUT2D eigenvalue weighted by molar-refractivity contribution is 8.00. The lowest BCUT2D eigenvalue weighted by atomic mass is 10.1. The van der Waals surface area contributed by atoms with Crippen molar-refractivity contribution in [1.29, 1.82) is 5.26 Å². The van der Waals surface area contributed by atoms with E-state index in [1.54, 1.807) is 39.2 Å². The van der Waals surface area contributed by atoms with Crippen LogP contribution in [0, 0.1) is 25.2 Å². The van der Waals surface area contributed by atoms with Gasteiger partial charge in [0.25, 0.3) is 10.0 Å². The van der Waals surface area contributed by atoms with Crippen LogP contribution in [0.4, 0.5) is 11.6 Å². The summed E-state index contributed by atoms with van der Waals surface area (Å²) in [7, 11) is -2.34. The van der Waals surface area contributed by atoms with Crippen LogP contribution in [-0.4, -0.2) is 41.6 Å². The van der Waals surface area contributed by atoms with E-state index in [0.717, 1.165) is 11.3 Å².